The molecule has 1 heterocycles. The highest BCUT2D eigenvalue weighted by Crippen LogP contribution is 2.40. The molecule has 1 saturated heterocycles. The van der Waals surface area contributed by atoms with Crippen molar-refractivity contribution in [2.24, 2.45) is 0 Å². The van der Waals surface area contributed by atoms with Gasteiger partial charge < -0.3 is 30.0 Å². The van der Waals surface area contributed by atoms with Crippen molar-refractivity contribution in [2.75, 3.05) is 18.4 Å². The summed E-state index contributed by atoms with van der Waals surface area (Å²) in [7, 11) is 0. The predicted octanol–water partition coefficient (Wildman–Crippen LogP) is 9.94. The minimum absolute atomic E-state index is 0.00972. The van der Waals surface area contributed by atoms with Crippen molar-refractivity contribution in [1.29, 1.82) is 0 Å². The van der Waals surface area contributed by atoms with E-state index >= 15 is 0 Å². The molecule has 2 aliphatic rings. The van der Waals surface area contributed by atoms with E-state index in [1.54, 1.807) is 0 Å². The molecule has 0 bridgehead atoms. The second kappa shape index (κ2) is 18.2. The van der Waals surface area contributed by atoms with Gasteiger partial charge in [-0.2, -0.15) is 0 Å². The first-order valence-electron chi connectivity index (χ1n) is 19.0. The average Bonchev–Trinajstić information content (AvgIpc) is 3.77. The summed E-state index contributed by atoms with van der Waals surface area (Å²) < 4.78 is 19.3. The molecular weight excluding hydrogens is 675 g/mol. The van der Waals surface area contributed by atoms with Gasteiger partial charge in [0.05, 0.1) is 18.8 Å². The number of carbonyl (C=O) groups is 1. The third-order valence-electron chi connectivity index (χ3n) is 10.2. The standard InChI is InChI=1S/C46H49N3O5/c1-2-26-49(40-14-6-7-15-40)31-43-29-44(35-20-18-33(32-50)19-21-35)54-45(53-43)38-13-9-12-37(28-38)36-11-8-10-34(27-36)30-47-46(51)48-39-22-24-42(25-23-39)52-41-16-4-3-5-17-41/h2-5,8-13,16-25,27-28,40,43-45,50H,1,6-7,14-15,26,29-32H2,(H2,47,48,51)/t43-,44+,45+/m1/s1. The Labute approximate surface area is 318 Å². The number of hydrogen-bond donors (Lipinski definition) is 3. The normalized spacial score (nSPS) is 18.7. The van der Waals surface area contributed by atoms with E-state index in [1.807, 2.05) is 91.0 Å². The molecule has 3 atom stereocenters. The van der Waals surface area contributed by atoms with Gasteiger partial charge in [0.2, 0.25) is 0 Å². The number of aliphatic hydroxyl groups is 1. The van der Waals surface area contributed by atoms with Gasteiger partial charge in [0.25, 0.3) is 0 Å². The third-order valence-corrected chi connectivity index (χ3v) is 10.2. The lowest BCUT2D eigenvalue weighted by Crippen LogP contribution is -2.43. The fourth-order valence-electron chi connectivity index (χ4n) is 7.42. The van der Waals surface area contributed by atoms with Gasteiger partial charge in [0, 0.05) is 43.3 Å². The first-order valence-corrected chi connectivity index (χ1v) is 19.0. The number of urea groups is 1. The van der Waals surface area contributed by atoms with Crippen molar-refractivity contribution in [3.05, 3.63) is 162 Å². The molecule has 8 nitrogen and oxygen atoms in total. The number of rotatable bonds is 14. The molecule has 54 heavy (non-hydrogen) atoms. The number of nitrogens with zero attached hydrogens (tertiary/aromatic N) is 1. The predicted molar refractivity (Wildman–Crippen MR) is 213 cm³/mol. The number of benzene rings is 5. The maximum Gasteiger partial charge on any atom is 0.319 e. The zero-order valence-corrected chi connectivity index (χ0v) is 30.6. The van der Waals surface area contributed by atoms with Crippen molar-refractivity contribution in [2.45, 2.75) is 69.8 Å². The van der Waals surface area contributed by atoms with Crippen LogP contribution >= 0.6 is 0 Å². The van der Waals surface area contributed by atoms with Gasteiger partial charge in [0.15, 0.2) is 6.29 Å². The lowest BCUT2D eigenvalue weighted by molar-refractivity contribution is -0.253. The summed E-state index contributed by atoms with van der Waals surface area (Å²) in [5, 5.41) is 15.5. The molecule has 0 aromatic heterocycles. The van der Waals surface area contributed by atoms with E-state index in [2.05, 4.69) is 64.6 Å². The minimum atomic E-state index is -0.548. The number of aliphatic hydroxyl groups excluding tert-OH is 1. The van der Waals surface area contributed by atoms with E-state index in [0.29, 0.717) is 24.0 Å². The quantitative estimate of drug-likeness (QED) is 0.0989. The molecule has 1 aliphatic heterocycles. The van der Waals surface area contributed by atoms with Crippen LogP contribution in [0.2, 0.25) is 0 Å². The summed E-state index contributed by atoms with van der Waals surface area (Å²) in [6.07, 6.45) is 6.98. The number of amides is 2. The molecule has 278 valence electrons. The SMILES string of the molecule is C=CCN(C[C@H]1C[C@@H](c2ccc(CO)cc2)O[C@@H](c2cccc(-c3cccc(CNC(=O)Nc4ccc(Oc5ccccc5)cc4)c3)c2)O1)C1CCCC1. The number of para-hydroxylation sites is 1. The van der Waals surface area contributed by atoms with Gasteiger partial charge in [-0.15, -0.1) is 6.58 Å². The number of anilines is 1. The first-order chi connectivity index (χ1) is 26.5. The summed E-state index contributed by atoms with van der Waals surface area (Å²) in [4.78, 5) is 15.3. The summed E-state index contributed by atoms with van der Waals surface area (Å²) in [6.45, 7) is 6.08. The Bertz CT molecular complexity index is 1960. The van der Waals surface area contributed by atoms with Gasteiger partial charge in [-0.25, -0.2) is 4.79 Å². The van der Waals surface area contributed by atoms with Gasteiger partial charge in [-0.05, 0) is 89.2 Å². The van der Waals surface area contributed by atoms with Crippen LogP contribution in [0, 0.1) is 0 Å². The average molecular weight is 724 g/mol. The minimum Gasteiger partial charge on any atom is -0.457 e. The summed E-state index contributed by atoms with van der Waals surface area (Å²) >= 11 is 0. The smallest absolute Gasteiger partial charge is 0.319 e. The number of hydrogen-bond acceptors (Lipinski definition) is 6. The van der Waals surface area contributed by atoms with Crippen LogP contribution in [0.4, 0.5) is 10.5 Å². The van der Waals surface area contributed by atoms with Crippen molar-refractivity contribution < 1.29 is 24.1 Å². The van der Waals surface area contributed by atoms with E-state index < -0.39 is 6.29 Å². The van der Waals surface area contributed by atoms with E-state index in [0.717, 1.165) is 58.6 Å². The van der Waals surface area contributed by atoms with Crippen LogP contribution in [0.1, 0.15) is 66.8 Å². The maximum absolute atomic E-state index is 12.8. The van der Waals surface area contributed by atoms with E-state index in [-0.39, 0.29) is 24.8 Å². The summed E-state index contributed by atoms with van der Waals surface area (Å²) in [5.74, 6) is 1.45. The van der Waals surface area contributed by atoms with Gasteiger partial charge >= 0.3 is 6.03 Å². The Morgan fingerprint density at radius 1 is 0.796 bits per heavy atom. The first kappa shape index (κ1) is 37.1. The monoisotopic (exact) mass is 723 g/mol. The highest BCUT2D eigenvalue weighted by Gasteiger charge is 2.34. The van der Waals surface area contributed by atoms with Crippen LogP contribution in [0.25, 0.3) is 11.1 Å². The molecule has 5 aromatic rings. The van der Waals surface area contributed by atoms with Gasteiger partial charge in [0.1, 0.15) is 11.5 Å². The number of ether oxygens (including phenoxy) is 3. The molecule has 2 amide bonds. The van der Waals surface area contributed by atoms with Crippen LogP contribution in [0.5, 0.6) is 11.5 Å². The lowest BCUT2D eigenvalue weighted by atomic mass is 9.98. The molecule has 8 heteroatoms. The Morgan fingerprint density at radius 3 is 2.26 bits per heavy atom. The maximum atomic E-state index is 12.8. The zero-order chi connectivity index (χ0) is 37.1. The van der Waals surface area contributed by atoms with Crippen LogP contribution < -0.4 is 15.4 Å². The fraction of sp³-hybridized carbons (Fsp3) is 0.283. The van der Waals surface area contributed by atoms with E-state index in [4.69, 9.17) is 14.2 Å². The molecule has 1 aliphatic carbocycles. The highest BCUT2D eigenvalue weighted by molar-refractivity contribution is 5.89. The molecule has 2 fully saturated rings. The Kier molecular flexibility index (Phi) is 12.5. The molecule has 5 aromatic carbocycles. The van der Waals surface area contributed by atoms with Crippen molar-refractivity contribution in [3.63, 3.8) is 0 Å². The Balaban J connectivity index is 1.01. The Morgan fingerprint density at radius 2 is 1.52 bits per heavy atom. The highest BCUT2D eigenvalue weighted by atomic mass is 16.7. The van der Waals surface area contributed by atoms with Crippen molar-refractivity contribution in [1.82, 2.24) is 10.2 Å². The zero-order valence-electron chi connectivity index (χ0n) is 30.6. The van der Waals surface area contributed by atoms with Crippen molar-refractivity contribution in [3.8, 4) is 22.6 Å². The van der Waals surface area contributed by atoms with Crippen LogP contribution in [-0.4, -0.2) is 41.3 Å². The van der Waals surface area contributed by atoms with Crippen molar-refractivity contribution >= 4 is 11.7 Å². The van der Waals surface area contributed by atoms with E-state index in [1.165, 1.54) is 25.7 Å². The molecule has 7 rings (SSSR count). The van der Waals surface area contributed by atoms with Crippen LogP contribution in [-0.2, 0) is 22.6 Å². The van der Waals surface area contributed by atoms with Crippen LogP contribution in [0.3, 0.4) is 0 Å². The van der Waals surface area contributed by atoms with Gasteiger partial charge in [-0.1, -0.05) is 97.8 Å². The second-order valence-corrected chi connectivity index (χ2v) is 14.1. The Hall–Kier alpha value is -5.25. The van der Waals surface area contributed by atoms with Crippen LogP contribution in [0.15, 0.2) is 140 Å². The molecule has 0 spiro atoms. The van der Waals surface area contributed by atoms with E-state index in [9.17, 15) is 9.90 Å². The van der Waals surface area contributed by atoms with Gasteiger partial charge in [-0.3, -0.25) is 4.90 Å². The molecular formula is C46H49N3O5. The molecule has 1 saturated carbocycles. The fourth-order valence-corrected chi connectivity index (χ4v) is 7.42. The summed E-state index contributed by atoms with van der Waals surface area (Å²) in [5.41, 5.74) is 6.63. The molecule has 0 radical (unpaired) electrons. The topological polar surface area (TPSA) is 92.3 Å². The number of nitrogens with one attached hydrogen (secondary N) is 2. The second-order valence-electron chi connectivity index (χ2n) is 14.1. The lowest BCUT2D eigenvalue weighted by Gasteiger charge is -2.39. The molecule has 0 unspecified atom stereocenters. The third kappa shape index (κ3) is 9.83. The largest absolute Gasteiger partial charge is 0.457 e. The number of carbonyl (C=O) groups excluding carboxylic acids is 1. The molecule has 3 N–H and O–H groups in total. The summed E-state index contributed by atoms with van der Waals surface area (Å²) in [6, 6.07) is 41.7.